The van der Waals surface area contributed by atoms with E-state index < -0.39 is 4.97 Å². The van der Waals surface area contributed by atoms with E-state index in [2.05, 4.69) is 11.8 Å². The Kier molecular flexibility index (Phi) is 3.88. The second-order valence-electron chi connectivity index (χ2n) is 1.57. The Morgan fingerprint density at radius 1 is 1.50 bits per heavy atom. The van der Waals surface area contributed by atoms with Gasteiger partial charge in [-0.1, -0.05) is 0 Å². The van der Waals surface area contributed by atoms with E-state index >= 15 is 0 Å². The summed E-state index contributed by atoms with van der Waals surface area (Å²) in [6, 6.07) is 0. The zero-order chi connectivity index (χ0) is 6.78. The molecule has 0 aliphatic rings. The summed E-state index contributed by atoms with van der Waals surface area (Å²) in [6.45, 7) is 3.68. The lowest BCUT2D eigenvalue weighted by molar-refractivity contribution is 0.281. The minimum atomic E-state index is -2.44. The molecular weight excluding hydrogens is 186 g/mol. The van der Waals surface area contributed by atoms with Crippen LogP contribution in [0.1, 0.15) is 13.8 Å². The summed E-state index contributed by atoms with van der Waals surface area (Å²) in [5.41, 5.74) is 0. The van der Waals surface area contributed by atoms with Crippen molar-refractivity contribution in [3.8, 4) is 0 Å². The molecule has 0 aliphatic carbocycles. The Bertz CT molecular complexity index is 110. The first-order valence-electron chi connectivity index (χ1n) is 2.09. The van der Waals surface area contributed by atoms with Gasteiger partial charge in [-0.3, -0.25) is 0 Å². The van der Waals surface area contributed by atoms with Crippen LogP contribution in [-0.2, 0) is 16.3 Å². The largest absolute Gasteiger partial charge is 0.324 e. The van der Waals surface area contributed by atoms with Gasteiger partial charge in [0, 0.05) is 0 Å². The van der Waals surface area contributed by atoms with Gasteiger partial charge < -0.3 is 4.52 Å². The highest BCUT2D eigenvalue weighted by atomic mass is 35.9. The third-order valence-electron chi connectivity index (χ3n) is 0.334. The quantitative estimate of drug-likeness (QED) is 0.623. The van der Waals surface area contributed by atoms with Crippen molar-refractivity contribution in [1.29, 1.82) is 0 Å². The zero-order valence-corrected chi connectivity index (χ0v) is 7.82. The van der Waals surface area contributed by atoms with Gasteiger partial charge in [0.05, 0.1) is 6.10 Å². The van der Waals surface area contributed by atoms with Gasteiger partial charge in [0.25, 0.3) is 0 Å². The summed E-state index contributed by atoms with van der Waals surface area (Å²) in [7, 11) is 0. The Hall–Kier alpha value is 1.19. The van der Waals surface area contributed by atoms with Crippen LogP contribution in [0.5, 0.6) is 0 Å². The van der Waals surface area contributed by atoms with Crippen molar-refractivity contribution in [2.24, 2.45) is 0 Å². The Morgan fingerprint density at radius 2 is 1.88 bits per heavy atom. The van der Waals surface area contributed by atoms with Gasteiger partial charge in [0.1, 0.15) is 0 Å². The van der Waals surface area contributed by atoms with Crippen molar-refractivity contribution in [2.75, 3.05) is 0 Å². The molecule has 0 bridgehead atoms. The third-order valence-corrected chi connectivity index (χ3v) is 1.74. The van der Waals surface area contributed by atoms with Gasteiger partial charge in [0.15, 0.2) is 0 Å². The minimum Gasteiger partial charge on any atom is -0.324 e. The van der Waals surface area contributed by atoms with Crippen molar-refractivity contribution in [3.63, 3.8) is 0 Å². The molecule has 0 aromatic heterocycles. The first-order chi connectivity index (χ1) is 3.42. The van der Waals surface area contributed by atoms with Crippen LogP contribution in [0.3, 0.4) is 0 Å². The van der Waals surface area contributed by atoms with E-state index in [1.165, 1.54) is 0 Å². The van der Waals surface area contributed by atoms with Crippen LogP contribution in [0.25, 0.3) is 0 Å². The Balaban J connectivity index is 3.56. The van der Waals surface area contributed by atoms with Crippen LogP contribution in [0, 0.1) is 0 Å². The van der Waals surface area contributed by atoms with Crippen molar-refractivity contribution in [3.05, 3.63) is 0 Å². The molecule has 0 N–H and O–H groups in total. The molecule has 5 heteroatoms. The van der Waals surface area contributed by atoms with Crippen molar-refractivity contribution >= 4 is 39.3 Å². The van der Waals surface area contributed by atoms with Crippen LogP contribution >= 0.6 is 27.5 Å². The molecule has 0 saturated heterocycles. The molecule has 0 unspecified atom stereocenters. The number of hydrogen-bond acceptors (Lipinski definition) is 2. The standard InChI is InChI=1S/C3H7Cl2OPS/c1-3(2)6-7(4,5)8/h3H,1-2H3. The molecule has 0 radical (unpaired) electrons. The molecule has 0 aliphatic heterocycles. The van der Waals surface area contributed by atoms with E-state index in [-0.39, 0.29) is 6.10 Å². The minimum absolute atomic E-state index is 0.0239. The molecule has 0 fully saturated rings. The molecule has 0 atom stereocenters. The number of halogens is 2. The van der Waals surface area contributed by atoms with E-state index in [1.807, 2.05) is 13.8 Å². The molecule has 0 aromatic rings. The molecule has 0 spiro atoms. The molecule has 0 amide bonds. The monoisotopic (exact) mass is 192 g/mol. The lowest BCUT2D eigenvalue weighted by atomic mass is 10.5. The van der Waals surface area contributed by atoms with Gasteiger partial charge in [-0.25, -0.2) is 0 Å². The van der Waals surface area contributed by atoms with Gasteiger partial charge in [-0.05, 0) is 48.1 Å². The number of rotatable bonds is 2. The highest BCUT2D eigenvalue weighted by Gasteiger charge is 2.09. The lowest BCUT2D eigenvalue weighted by Gasteiger charge is -2.08. The fourth-order valence-electron chi connectivity index (χ4n) is 0.245. The van der Waals surface area contributed by atoms with Crippen LogP contribution < -0.4 is 0 Å². The maximum absolute atomic E-state index is 5.40. The van der Waals surface area contributed by atoms with Crippen LogP contribution in [0.15, 0.2) is 0 Å². The SMILES string of the molecule is CC(C)OP(=S)(Cl)Cl. The summed E-state index contributed by atoms with van der Waals surface area (Å²) in [5.74, 6) is 0. The molecule has 0 heterocycles. The van der Waals surface area contributed by atoms with Crippen molar-refractivity contribution < 1.29 is 4.52 Å². The van der Waals surface area contributed by atoms with E-state index in [4.69, 9.17) is 27.0 Å². The first kappa shape index (κ1) is 9.19. The first-order valence-corrected chi connectivity index (χ1v) is 6.62. The molecule has 1 nitrogen and oxygen atoms in total. The molecule has 50 valence electrons. The fourth-order valence-corrected chi connectivity index (χ4v) is 2.21. The van der Waals surface area contributed by atoms with Gasteiger partial charge in [-0.2, -0.15) is 0 Å². The fraction of sp³-hybridized carbons (Fsp3) is 1.00. The molecular formula is C3H7Cl2OPS. The lowest BCUT2D eigenvalue weighted by Crippen LogP contribution is -1.93. The average Bonchev–Trinajstić information content (AvgIpc) is 1.21. The van der Waals surface area contributed by atoms with E-state index in [1.54, 1.807) is 0 Å². The third kappa shape index (κ3) is 7.19. The smallest absolute Gasteiger partial charge is 0.240 e. The summed E-state index contributed by atoms with van der Waals surface area (Å²) in [6.07, 6.45) is 0.0239. The zero-order valence-electron chi connectivity index (χ0n) is 4.60. The van der Waals surface area contributed by atoms with Crippen LogP contribution in [0.2, 0.25) is 0 Å². The van der Waals surface area contributed by atoms with E-state index in [0.717, 1.165) is 0 Å². The summed E-state index contributed by atoms with van der Waals surface area (Å²) >= 11 is 15.4. The topological polar surface area (TPSA) is 9.23 Å². The maximum Gasteiger partial charge on any atom is 0.240 e. The summed E-state index contributed by atoms with van der Waals surface area (Å²) in [4.78, 5) is -2.44. The second-order valence-corrected chi connectivity index (χ2v) is 8.73. The normalized spacial score (nSPS) is 12.6. The van der Waals surface area contributed by atoms with Gasteiger partial charge in [-0.15, -0.1) is 0 Å². The molecule has 0 rings (SSSR count). The van der Waals surface area contributed by atoms with Gasteiger partial charge >= 0.3 is 0 Å². The summed E-state index contributed by atoms with van der Waals surface area (Å²) < 4.78 is 4.89. The van der Waals surface area contributed by atoms with Crippen molar-refractivity contribution in [2.45, 2.75) is 20.0 Å². The Labute approximate surface area is 64.0 Å². The van der Waals surface area contributed by atoms with Crippen LogP contribution in [-0.4, -0.2) is 6.10 Å². The number of hydrogen-bond donors (Lipinski definition) is 0. The predicted octanol–water partition coefficient (Wildman–Crippen LogP) is 3.11. The maximum atomic E-state index is 5.40. The van der Waals surface area contributed by atoms with E-state index in [9.17, 15) is 0 Å². The van der Waals surface area contributed by atoms with Crippen molar-refractivity contribution in [1.82, 2.24) is 0 Å². The molecule has 8 heavy (non-hydrogen) atoms. The summed E-state index contributed by atoms with van der Waals surface area (Å²) in [5, 5.41) is 0. The second kappa shape index (κ2) is 3.38. The predicted molar refractivity (Wildman–Crippen MR) is 42.2 cm³/mol. The molecule has 0 aromatic carbocycles. The van der Waals surface area contributed by atoms with Gasteiger partial charge in [0.2, 0.25) is 4.97 Å². The van der Waals surface area contributed by atoms with E-state index in [0.29, 0.717) is 0 Å². The Morgan fingerprint density at radius 3 is 1.88 bits per heavy atom. The van der Waals surface area contributed by atoms with Crippen LogP contribution in [0.4, 0.5) is 0 Å². The average molecular weight is 193 g/mol. The molecule has 0 saturated carbocycles. The highest BCUT2D eigenvalue weighted by Crippen LogP contribution is 2.58. The highest BCUT2D eigenvalue weighted by molar-refractivity contribution is 8.36.